The number of hydrogen-bond donors (Lipinski definition) is 8. The minimum absolute atomic E-state index is 0.105. The molecule has 5 rings (SSSR count). The van der Waals surface area contributed by atoms with Crippen molar-refractivity contribution in [2.45, 2.75) is 113 Å². The summed E-state index contributed by atoms with van der Waals surface area (Å²) in [5, 5.41) is 86.6. The van der Waals surface area contributed by atoms with Gasteiger partial charge in [0, 0.05) is 22.7 Å². The lowest BCUT2D eigenvalue weighted by atomic mass is 9.61. The molecule has 14 unspecified atom stereocenters. The number of ether oxygens (including phenoxy) is 2. The van der Waals surface area contributed by atoms with Gasteiger partial charge >= 0.3 is 0 Å². The van der Waals surface area contributed by atoms with Gasteiger partial charge in [-0.2, -0.15) is 0 Å². The van der Waals surface area contributed by atoms with Gasteiger partial charge in [0.2, 0.25) is 0 Å². The molecule has 5 aliphatic rings. The van der Waals surface area contributed by atoms with Crippen LogP contribution >= 0.6 is 0 Å². The topological polar surface area (TPSA) is 180 Å². The fourth-order valence-electron chi connectivity index (χ4n) is 8.78. The molecule has 1 aliphatic heterocycles. The molecular formula is C26H42O10. The molecule has 206 valence electrons. The summed E-state index contributed by atoms with van der Waals surface area (Å²) in [5.41, 5.74) is -3.89. The highest BCUT2D eigenvalue weighted by atomic mass is 16.7. The molecule has 10 heteroatoms. The Morgan fingerprint density at radius 3 is 2.28 bits per heavy atom. The summed E-state index contributed by atoms with van der Waals surface area (Å²) in [7, 11) is 0. The van der Waals surface area contributed by atoms with Crippen molar-refractivity contribution in [2.75, 3.05) is 6.61 Å². The summed E-state index contributed by atoms with van der Waals surface area (Å²) < 4.78 is 11.7. The Hall–Kier alpha value is -0.660. The van der Waals surface area contributed by atoms with E-state index >= 15 is 0 Å². The molecular weight excluding hydrogens is 472 g/mol. The second-order valence-corrected chi connectivity index (χ2v) is 12.9. The molecule has 0 amide bonds. The van der Waals surface area contributed by atoms with Gasteiger partial charge in [0.1, 0.15) is 30.0 Å². The molecule has 1 saturated heterocycles. The van der Waals surface area contributed by atoms with Gasteiger partial charge in [0.25, 0.3) is 0 Å². The summed E-state index contributed by atoms with van der Waals surface area (Å²) in [6.07, 6.45) is -7.99. The highest BCUT2D eigenvalue weighted by Gasteiger charge is 2.72. The van der Waals surface area contributed by atoms with E-state index in [4.69, 9.17) is 9.47 Å². The molecule has 1 heterocycles. The molecule has 5 fully saturated rings. The Morgan fingerprint density at radius 1 is 0.972 bits per heavy atom. The molecule has 36 heavy (non-hydrogen) atoms. The van der Waals surface area contributed by atoms with E-state index in [0.717, 1.165) is 5.57 Å². The maximum absolute atomic E-state index is 12.2. The van der Waals surface area contributed by atoms with Gasteiger partial charge in [0.15, 0.2) is 6.29 Å². The average Bonchev–Trinajstić information content (AvgIpc) is 3.02. The van der Waals surface area contributed by atoms with Crippen molar-refractivity contribution >= 4 is 0 Å². The number of rotatable bonds is 3. The van der Waals surface area contributed by atoms with Gasteiger partial charge in [-0.15, -0.1) is 0 Å². The highest BCUT2D eigenvalue weighted by Crippen LogP contribution is 2.69. The molecule has 1 spiro atoms. The molecule has 10 nitrogen and oxygen atoms in total. The maximum atomic E-state index is 12.2. The second-order valence-electron chi connectivity index (χ2n) is 12.9. The van der Waals surface area contributed by atoms with Crippen molar-refractivity contribution in [1.82, 2.24) is 0 Å². The minimum Gasteiger partial charge on any atom is -0.394 e. The molecule has 8 N–H and O–H groups in total. The summed E-state index contributed by atoms with van der Waals surface area (Å²) in [6, 6.07) is 0. The highest BCUT2D eigenvalue weighted by molar-refractivity contribution is 5.32. The van der Waals surface area contributed by atoms with Crippen LogP contribution in [0.25, 0.3) is 0 Å². The van der Waals surface area contributed by atoms with Gasteiger partial charge in [-0.3, -0.25) is 0 Å². The predicted octanol–water partition coefficient (Wildman–Crippen LogP) is -1.20. The van der Waals surface area contributed by atoms with E-state index < -0.39 is 83.6 Å². The molecule has 2 bridgehead atoms. The Labute approximate surface area is 211 Å². The third-order valence-electron chi connectivity index (χ3n) is 10.9. The summed E-state index contributed by atoms with van der Waals surface area (Å²) in [4.78, 5) is 0. The van der Waals surface area contributed by atoms with Crippen molar-refractivity contribution in [2.24, 2.45) is 28.6 Å². The van der Waals surface area contributed by atoms with Crippen molar-refractivity contribution < 1.29 is 50.3 Å². The quantitative estimate of drug-likeness (QED) is 0.213. The standard InChI is InChI=1S/C26H42O10/c1-11-12-5-6-13-21(32)25(12,10-24(13,4)33)8-16(28)26(34)14(11)7-17(23(26,2)3)36-22-20(31)19(30)18(29)15(9-27)35-22/h12-22,27-34H,1,5-10H2,2-4H3. The van der Waals surface area contributed by atoms with Crippen LogP contribution in [0.3, 0.4) is 0 Å². The predicted molar refractivity (Wildman–Crippen MR) is 125 cm³/mol. The zero-order valence-corrected chi connectivity index (χ0v) is 21.2. The first-order valence-corrected chi connectivity index (χ1v) is 13.1. The van der Waals surface area contributed by atoms with E-state index in [1.165, 1.54) is 0 Å². The Kier molecular flexibility index (Phi) is 6.30. The van der Waals surface area contributed by atoms with Crippen molar-refractivity contribution in [1.29, 1.82) is 0 Å². The molecule has 0 aromatic carbocycles. The van der Waals surface area contributed by atoms with E-state index in [1.54, 1.807) is 20.8 Å². The molecule has 0 aromatic rings. The summed E-state index contributed by atoms with van der Waals surface area (Å²) >= 11 is 0. The zero-order valence-electron chi connectivity index (χ0n) is 21.2. The third kappa shape index (κ3) is 3.33. The molecule has 0 radical (unpaired) electrons. The average molecular weight is 515 g/mol. The van der Waals surface area contributed by atoms with Crippen molar-refractivity contribution in [3.05, 3.63) is 12.2 Å². The van der Waals surface area contributed by atoms with Crippen LogP contribution in [0.5, 0.6) is 0 Å². The first-order chi connectivity index (χ1) is 16.6. The van der Waals surface area contributed by atoms with E-state index in [9.17, 15) is 40.9 Å². The van der Waals surface area contributed by atoms with Gasteiger partial charge in [-0.1, -0.05) is 26.0 Å². The first kappa shape index (κ1) is 26.9. The Bertz CT molecular complexity index is 890. The summed E-state index contributed by atoms with van der Waals surface area (Å²) in [6.45, 7) is 9.05. The van der Waals surface area contributed by atoms with Crippen LogP contribution in [0.4, 0.5) is 0 Å². The zero-order chi connectivity index (χ0) is 26.6. The Balaban J connectivity index is 1.46. The van der Waals surface area contributed by atoms with E-state index in [1.807, 2.05) is 0 Å². The lowest BCUT2D eigenvalue weighted by molar-refractivity contribution is -0.321. The number of aliphatic hydroxyl groups excluding tert-OH is 6. The summed E-state index contributed by atoms with van der Waals surface area (Å²) in [5.74, 6) is -1.08. The molecule has 0 aromatic heterocycles. The number of aliphatic hydroxyl groups is 8. The molecule has 14 atom stereocenters. The van der Waals surface area contributed by atoms with Crippen molar-refractivity contribution in [3.63, 3.8) is 0 Å². The van der Waals surface area contributed by atoms with Gasteiger partial charge in [0.05, 0.1) is 30.5 Å². The molecule has 4 saturated carbocycles. The fourth-order valence-corrected chi connectivity index (χ4v) is 8.78. The van der Waals surface area contributed by atoms with E-state index in [-0.39, 0.29) is 24.7 Å². The van der Waals surface area contributed by atoms with Crippen LogP contribution in [0.2, 0.25) is 0 Å². The number of fused-ring (bicyclic) bond motifs is 2. The molecule has 4 aliphatic carbocycles. The van der Waals surface area contributed by atoms with Crippen LogP contribution in [0.1, 0.15) is 52.9 Å². The van der Waals surface area contributed by atoms with E-state index in [0.29, 0.717) is 19.3 Å². The number of hydrogen-bond acceptors (Lipinski definition) is 10. The maximum Gasteiger partial charge on any atom is 0.186 e. The van der Waals surface area contributed by atoms with Crippen LogP contribution in [-0.4, -0.2) is 108 Å². The van der Waals surface area contributed by atoms with Gasteiger partial charge in [-0.25, -0.2) is 0 Å². The monoisotopic (exact) mass is 514 g/mol. The van der Waals surface area contributed by atoms with Crippen molar-refractivity contribution in [3.8, 4) is 0 Å². The van der Waals surface area contributed by atoms with Gasteiger partial charge in [-0.05, 0) is 44.9 Å². The van der Waals surface area contributed by atoms with Crippen LogP contribution in [0, 0.1) is 28.6 Å². The SMILES string of the molecule is C=C1C2CCC3C(O)C2(CC(O)C2(O)C1CC(OC1OC(CO)C(O)C(O)C1O)C2(C)C)CC3(C)O. The van der Waals surface area contributed by atoms with Crippen LogP contribution in [0.15, 0.2) is 12.2 Å². The van der Waals surface area contributed by atoms with Crippen LogP contribution in [-0.2, 0) is 9.47 Å². The van der Waals surface area contributed by atoms with Gasteiger partial charge < -0.3 is 50.3 Å². The fraction of sp³-hybridized carbons (Fsp3) is 0.923. The van der Waals surface area contributed by atoms with E-state index in [2.05, 4.69) is 6.58 Å². The lowest BCUT2D eigenvalue weighted by Crippen LogP contribution is -2.61. The third-order valence-corrected chi connectivity index (χ3v) is 10.9. The second kappa shape index (κ2) is 8.42. The first-order valence-electron chi connectivity index (χ1n) is 13.1. The normalized spacial score (nSPS) is 58.3. The minimum atomic E-state index is -1.68. The smallest absolute Gasteiger partial charge is 0.186 e. The Morgan fingerprint density at radius 2 is 1.64 bits per heavy atom. The lowest BCUT2D eigenvalue weighted by Gasteiger charge is -2.47. The van der Waals surface area contributed by atoms with Crippen LogP contribution < -0.4 is 0 Å². The largest absolute Gasteiger partial charge is 0.394 e.